The van der Waals surface area contributed by atoms with Gasteiger partial charge in [0, 0.05) is 16.2 Å². The van der Waals surface area contributed by atoms with Crippen molar-refractivity contribution < 1.29 is 14.1 Å². The van der Waals surface area contributed by atoms with Gasteiger partial charge in [-0.2, -0.15) is 0 Å². The molecule has 20 heavy (non-hydrogen) atoms. The molecule has 0 radical (unpaired) electrons. The van der Waals surface area contributed by atoms with Crippen molar-refractivity contribution in [3.8, 4) is 5.75 Å². The molecule has 3 aromatic carbocycles. The molecule has 96 valence electrons. The Kier molecular flexibility index (Phi) is 2.44. The van der Waals surface area contributed by atoms with Crippen LogP contribution in [-0.2, 0) is 0 Å². The van der Waals surface area contributed by atoms with Crippen LogP contribution in [-0.4, -0.2) is 12.7 Å². The van der Waals surface area contributed by atoms with E-state index in [1.165, 1.54) is 0 Å². The normalized spacial score (nSPS) is 11.2. The number of fused-ring (bicyclic) bond motifs is 4. The Morgan fingerprint density at radius 2 is 1.65 bits per heavy atom. The Labute approximate surface area is 115 Å². The Morgan fingerprint density at radius 3 is 2.50 bits per heavy atom. The predicted molar refractivity (Wildman–Crippen MR) is 81.2 cm³/mol. The summed E-state index contributed by atoms with van der Waals surface area (Å²) < 4.78 is 11.3. The molecule has 0 aliphatic heterocycles. The molecular formula is C16H11BO3. The highest BCUT2D eigenvalue weighted by molar-refractivity contribution is 6.21. The summed E-state index contributed by atoms with van der Waals surface area (Å²) in [6.45, 7) is 0. The van der Waals surface area contributed by atoms with Gasteiger partial charge < -0.3 is 14.1 Å². The molecule has 1 N–H and O–H groups in total. The van der Waals surface area contributed by atoms with E-state index < -0.39 is 0 Å². The van der Waals surface area contributed by atoms with E-state index >= 15 is 0 Å². The minimum absolute atomic E-state index is 0.375. The molecule has 3 nitrogen and oxygen atoms in total. The van der Waals surface area contributed by atoms with E-state index in [4.69, 9.17) is 14.1 Å². The summed E-state index contributed by atoms with van der Waals surface area (Å²) >= 11 is 0. The van der Waals surface area contributed by atoms with E-state index in [9.17, 15) is 0 Å². The van der Waals surface area contributed by atoms with Crippen LogP contribution in [0.3, 0.4) is 0 Å². The van der Waals surface area contributed by atoms with Crippen LogP contribution in [0.4, 0.5) is 0 Å². The van der Waals surface area contributed by atoms with Crippen molar-refractivity contribution in [2.24, 2.45) is 0 Å². The minimum Gasteiger partial charge on any atom is -0.536 e. The average molecular weight is 262 g/mol. The number of rotatable bonds is 2. The largest absolute Gasteiger partial charge is 0.536 e. The van der Waals surface area contributed by atoms with Crippen molar-refractivity contribution in [1.29, 1.82) is 0 Å². The third-order valence-corrected chi connectivity index (χ3v) is 3.55. The third kappa shape index (κ3) is 1.52. The van der Waals surface area contributed by atoms with Crippen LogP contribution in [0.15, 0.2) is 59.0 Å². The van der Waals surface area contributed by atoms with E-state index in [2.05, 4.69) is 6.07 Å². The van der Waals surface area contributed by atoms with Crippen molar-refractivity contribution in [1.82, 2.24) is 0 Å². The maximum absolute atomic E-state index is 9.15. The molecule has 0 unspecified atom stereocenters. The first kappa shape index (κ1) is 11.4. The Morgan fingerprint density at radius 1 is 0.900 bits per heavy atom. The van der Waals surface area contributed by atoms with E-state index in [0.29, 0.717) is 11.3 Å². The van der Waals surface area contributed by atoms with Gasteiger partial charge in [-0.1, -0.05) is 42.5 Å². The molecule has 4 heteroatoms. The van der Waals surface area contributed by atoms with Crippen LogP contribution in [0.2, 0.25) is 0 Å². The summed E-state index contributed by atoms with van der Waals surface area (Å²) in [7, 11) is -0.375. The number of hydrogen-bond acceptors (Lipinski definition) is 3. The first-order valence-corrected chi connectivity index (χ1v) is 6.45. The van der Waals surface area contributed by atoms with Crippen molar-refractivity contribution in [2.45, 2.75) is 0 Å². The van der Waals surface area contributed by atoms with Crippen LogP contribution >= 0.6 is 0 Å². The molecule has 4 rings (SSSR count). The van der Waals surface area contributed by atoms with Gasteiger partial charge in [-0.05, 0) is 17.5 Å². The molecular weight excluding hydrogens is 251 g/mol. The van der Waals surface area contributed by atoms with Gasteiger partial charge in [0.05, 0.1) is 0 Å². The molecule has 0 atom stereocenters. The minimum atomic E-state index is -0.375. The van der Waals surface area contributed by atoms with Gasteiger partial charge in [-0.15, -0.1) is 0 Å². The highest BCUT2D eigenvalue weighted by Gasteiger charge is 2.15. The van der Waals surface area contributed by atoms with Gasteiger partial charge in [0.25, 0.3) is 0 Å². The van der Waals surface area contributed by atoms with E-state index in [1.807, 2.05) is 48.5 Å². The zero-order valence-electron chi connectivity index (χ0n) is 10.7. The molecule has 1 heterocycles. The zero-order chi connectivity index (χ0) is 13.5. The van der Waals surface area contributed by atoms with Crippen LogP contribution < -0.4 is 4.65 Å². The van der Waals surface area contributed by atoms with Crippen molar-refractivity contribution >= 4 is 40.4 Å². The zero-order valence-corrected chi connectivity index (χ0v) is 10.7. The molecule has 1 aromatic heterocycles. The molecule has 0 aliphatic rings. The van der Waals surface area contributed by atoms with Crippen molar-refractivity contribution in [3.63, 3.8) is 0 Å². The lowest BCUT2D eigenvalue weighted by Gasteiger charge is -2.07. The summed E-state index contributed by atoms with van der Waals surface area (Å²) in [5.41, 5.74) is 1.50. The molecule has 0 bridgehead atoms. The number of hydrogen-bond donors (Lipinski definition) is 1. The van der Waals surface area contributed by atoms with Gasteiger partial charge in [-0.25, -0.2) is 0 Å². The van der Waals surface area contributed by atoms with Crippen molar-refractivity contribution in [2.75, 3.05) is 0 Å². The first-order valence-electron chi connectivity index (χ1n) is 6.45. The van der Waals surface area contributed by atoms with Crippen LogP contribution in [0.5, 0.6) is 5.75 Å². The smallest absolute Gasteiger partial charge is 0.504 e. The second-order valence-corrected chi connectivity index (χ2v) is 4.68. The van der Waals surface area contributed by atoms with Gasteiger partial charge in [0.2, 0.25) is 0 Å². The monoisotopic (exact) mass is 262 g/mol. The molecule has 0 fully saturated rings. The topological polar surface area (TPSA) is 42.6 Å². The van der Waals surface area contributed by atoms with Gasteiger partial charge in [0.1, 0.15) is 5.58 Å². The second-order valence-electron chi connectivity index (χ2n) is 4.68. The van der Waals surface area contributed by atoms with Crippen LogP contribution in [0.25, 0.3) is 32.7 Å². The second kappa shape index (κ2) is 4.29. The van der Waals surface area contributed by atoms with Crippen LogP contribution in [0.1, 0.15) is 0 Å². The molecule has 4 aromatic rings. The molecule has 0 spiro atoms. The fourth-order valence-corrected chi connectivity index (χ4v) is 2.69. The quantitative estimate of drug-likeness (QED) is 0.563. The SMILES string of the molecule is OBOc1c2ccccc2cc2c1oc1ccccc12. The third-order valence-electron chi connectivity index (χ3n) is 3.55. The van der Waals surface area contributed by atoms with E-state index in [0.717, 1.165) is 27.1 Å². The summed E-state index contributed by atoms with van der Waals surface area (Å²) in [4.78, 5) is 0. The lowest BCUT2D eigenvalue weighted by molar-refractivity contribution is 0.454. The van der Waals surface area contributed by atoms with Crippen molar-refractivity contribution in [3.05, 3.63) is 54.6 Å². The van der Waals surface area contributed by atoms with E-state index in [-0.39, 0.29) is 7.69 Å². The summed E-state index contributed by atoms with van der Waals surface area (Å²) in [6.07, 6.45) is 0. The fourth-order valence-electron chi connectivity index (χ4n) is 2.69. The highest BCUT2D eigenvalue weighted by Crippen LogP contribution is 2.39. The Balaban J connectivity index is 2.24. The predicted octanol–water partition coefficient (Wildman–Crippen LogP) is 3.38. The Hall–Kier alpha value is -2.46. The number of para-hydroxylation sites is 1. The summed E-state index contributed by atoms with van der Waals surface area (Å²) in [6, 6.07) is 17.9. The van der Waals surface area contributed by atoms with E-state index in [1.54, 1.807) is 0 Å². The standard InChI is InChI=1S/C16H11BO3/c18-17-20-16-11-6-2-1-5-10(11)9-13-12-7-3-4-8-14(12)19-15(13)16/h1-9,17-18H. The highest BCUT2D eigenvalue weighted by atomic mass is 16.5. The lowest BCUT2D eigenvalue weighted by Crippen LogP contribution is -2.00. The molecule has 0 amide bonds. The fraction of sp³-hybridized carbons (Fsp3) is 0. The first-order chi connectivity index (χ1) is 9.88. The number of furan rings is 1. The number of benzene rings is 3. The van der Waals surface area contributed by atoms with Gasteiger partial charge >= 0.3 is 7.69 Å². The molecule has 0 saturated heterocycles. The lowest BCUT2D eigenvalue weighted by atomic mass is 10.0. The maximum Gasteiger partial charge on any atom is 0.504 e. The Bertz CT molecular complexity index is 927. The molecule has 0 aliphatic carbocycles. The van der Waals surface area contributed by atoms with Gasteiger partial charge in [0.15, 0.2) is 11.3 Å². The maximum atomic E-state index is 9.15. The van der Waals surface area contributed by atoms with Crippen LogP contribution in [0, 0.1) is 0 Å². The summed E-state index contributed by atoms with van der Waals surface area (Å²) in [5, 5.41) is 13.2. The van der Waals surface area contributed by atoms with Gasteiger partial charge in [-0.3, -0.25) is 0 Å². The summed E-state index contributed by atoms with van der Waals surface area (Å²) in [5.74, 6) is 0.594. The average Bonchev–Trinajstić information content (AvgIpc) is 2.86. The molecule has 0 saturated carbocycles.